The third-order valence-corrected chi connectivity index (χ3v) is 1.45. The molecule has 0 radical (unpaired) electrons. The van der Waals surface area contributed by atoms with Gasteiger partial charge in [0.1, 0.15) is 0 Å². The molecular weight excluding hydrogens is 126 g/mol. The van der Waals surface area contributed by atoms with Gasteiger partial charge in [-0.15, -0.1) is 5.10 Å². The van der Waals surface area contributed by atoms with Crippen LogP contribution in [0.15, 0.2) is 0 Å². The van der Waals surface area contributed by atoms with Crippen LogP contribution in [0.1, 0.15) is 24.1 Å². The predicted molar refractivity (Wildman–Crippen MR) is 38.7 cm³/mol. The fourth-order valence-electron chi connectivity index (χ4n) is 0.652. The number of aryl methyl sites for hydroxylation is 3. The minimum atomic E-state index is 0.822. The molecule has 0 amide bonds. The molecule has 0 unspecified atom stereocenters. The Balaban J connectivity index is 3.04. The Kier molecular flexibility index (Phi) is 1.94. The number of hydrogen-bond acceptors (Lipinski definition) is 3. The summed E-state index contributed by atoms with van der Waals surface area (Å²) in [6.07, 6.45) is 0.855. The van der Waals surface area contributed by atoms with Gasteiger partial charge in [0.05, 0.1) is 11.4 Å². The van der Waals surface area contributed by atoms with Crippen molar-refractivity contribution in [3.05, 3.63) is 17.2 Å². The quantitative estimate of drug-likeness (QED) is 0.580. The van der Waals surface area contributed by atoms with Crippen LogP contribution in [-0.2, 0) is 6.42 Å². The molecule has 3 heteroatoms. The van der Waals surface area contributed by atoms with Crippen molar-refractivity contribution in [1.29, 1.82) is 0 Å². The normalized spacial score (nSPS) is 9.90. The lowest BCUT2D eigenvalue weighted by Gasteiger charge is -1.97. The number of aromatic nitrogens is 3. The molecule has 0 fully saturated rings. The molecule has 0 saturated heterocycles. The zero-order valence-corrected chi connectivity index (χ0v) is 6.55. The first kappa shape index (κ1) is 7.12. The fraction of sp³-hybridized carbons (Fsp3) is 0.571. The standard InChI is InChI=1S/C7H11N3/c1-4-7-8-5(2)6(3)9-10-7/h4H2,1-3H3. The highest BCUT2D eigenvalue weighted by Crippen LogP contribution is 1.97. The van der Waals surface area contributed by atoms with Crippen LogP contribution >= 0.6 is 0 Å². The van der Waals surface area contributed by atoms with Crippen LogP contribution in [0.2, 0.25) is 0 Å². The SMILES string of the molecule is CCc1nnc(C)c(C)n1. The summed E-state index contributed by atoms with van der Waals surface area (Å²) in [6, 6.07) is 0. The summed E-state index contributed by atoms with van der Waals surface area (Å²) >= 11 is 0. The minimum Gasteiger partial charge on any atom is -0.234 e. The van der Waals surface area contributed by atoms with Crippen LogP contribution in [0, 0.1) is 13.8 Å². The van der Waals surface area contributed by atoms with Gasteiger partial charge < -0.3 is 0 Å². The molecule has 0 aliphatic heterocycles. The van der Waals surface area contributed by atoms with Crippen molar-refractivity contribution in [1.82, 2.24) is 15.2 Å². The van der Waals surface area contributed by atoms with E-state index in [1.165, 1.54) is 0 Å². The molecule has 0 aliphatic carbocycles. The lowest BCUT2D eigenvalue weighted by Crippen LogP contribution is -2.00. The first-order valence-electron chi connectivity index (χ1n) is 3.41. The Morgan fingerprint density at radius 2 is 1.80 bits per heavy atom. The summed E-state index contributed by atoms with van der Waals surface area (Å²) in [5, 5.41) is 7.83. The van der Waals surface area contributed by atoms with E-state index in [-0.39, 0.29) is 0 Å². The van der Waals surface area contributed by atoms with Gasteiger partial charge in [0, 0.05) is 6.42 Å². The molecule has 0 atom stereocenters. The van der Waals surface area contributed by atoms with E-state index in [9.17, 15) is 0 Å². The van der Waals surface area contributed by atoms with Crippen LogP contribution in [0.5, 0.6) is 0 Å². The number of nitrogens with zero attached hydrogens (tertiary/aromatic N) is 3. The fourth-order valence-corrected chi connectivity index (χ4v) is 0.652. The summed E-state index contributed by atoms with van der Waals surface area (Å²) in [5.74, 6) is 0.822. The number of rotatable bonds is 1. The highest BCUT2D eigenvalue weighted by Gasteiger charge is 1.97. The van der Waals surface area contributed by atoms with E-state index >= 15 is 0 Å². The molecule has 0 bridgehead atoms. The predicted octanol–water partition coefficient (Wildman–Crippen LogP) is 1.05. The number of hydrogen-bond donors (Lipinski definition) is 0. The van der Waals surface area contributed by atoms with Gasteiger partial charge in [-0.3, -0.25) is 0 Å². The van der Waals surface area contributed by atoms with E-state index in [1.807, 2.05) is 20.8 Å². The van der Waals surface area contributed by atoms with Gasteiger partial charge in [-0.25, -0.2) is 4.98 Å². The Labute approximate surface area is 60.5 Å². The molecule has 1 aromatic rings. The Hall–Kier alpha value is -0.990. The maximum absolute atomic E-state index is 4.22. The van der Waals surface area contributed by atoms with E-state index in [2.05, 4.69) is 15.2 Å². The molecule has 1 heterocycles. The zero-order valence-electron chi connectivity index (χ0n) is 6.55. The Morgan fingerprint density at radius 1 is 1.10 bits per heavy atom. The summed E-state index contributed by atoms with van der Waals surface area (Å²) in [7, 11) is 0. The molecule has 0 saturated carbocycles. The second-order valence-electron chi connectivity index (χ2n) is 2.25. The molecule has 0 aliphatic rings. The highest BCUT2D eigenvalue weighted by atomic mass is 15.2. The van der Waals surface area contributed by atoms with Gasteiger partial charge in [0.25, 0.3) is 0 Å². The molecule has 0 aromatic carbocycles. The van der Waals surface area contributed by atoms with Gasteiger partial charge in [-0.1, -0.05) is 6.92 Å². The minimum absolute atomic E-state index is 0.822. The van der Waals surface area contributed by atoms with Gasteiger partial charge in [-0.05, 0) is 13.8 Å². The van der Waals surface area contributed by atoms with Crippen LogP contribution in [0.25, 0.3) is 0 Å². The van der Waals surface area contributed by atoms with Crippen molar-refractivity contribution in [2.75, 3.05) is 0 Å². The Bertz CT molecular complexity index is 232. The van der Waals surface area contributed by atoms with E-state index in [4.69, 9.17) is 0 Å². The molecule has 0 N–H and O–H groups in total. The van der Waals surface area contributed by atoms with Crippen LogP contribution < -0.4 is 0 Å². The second kappa shape index (κ2) is 2.73. The third-order valence-electron chi connectivity index (χ3n) is 1.45. The molecule has 1 aromatic heterocycles. The largest absolute Gasteiger partial charge is 0.234 e. The van der Waals surface area contributed by atoms with Crippen molar-refractivity contribution in [2.45, 2.75) is 27.2 Å². The van der Waals surface area contributed by atoms with Gasteiger partial charge >= 0.3 is 0 Å². The van der Waals surface area contributed by atoms with E-state index in [0.717, 1.165) is 23.6 Å². The maximum Gasteiger partial charge on any atom is 0.150 e. The monoisotopic (exact) mass is 137 g/mol. The average molecular weight is 137 g/mol. The van der Waals surface area contributed by atoms with Gasteiger partial charge in [0.2, 0.25) is 0 Å². The second-order valence-corrected chi connectivity index (χ2v) is 2.25. The molecule has 54 valence electrons. The first-order valence-corrected chi connectivity index (χ1v) is 3.41. The van der Waals surface area contributed by atoms with Crippen LogP contribution in [-0.4, -0.2) is 15.2 Å². The molecule has 3 nitrogen and oxygen atoms in total. The van der Waals surface area contributed by atoms with Crippen molar-refractivity contribution >= 4 is 0 Å². The molecule has 0 spiro atoms. The van der Waals surface area contributed by atoms with E-state index < -0.39 is 0 Å². The van der Waals surface area contributed by atoms with Crippen LogP contribution in [0.4, 0.5) is 0 Å². The van der Waals surface area contributed by atoms with E-state index in [1.54, 1.807) is 0 Å². The lowest BCUT2D eigenvalue weighted by molar-refractivity contribution is 0.805. The summed E-state index contributed by atoms with van der Waals surface area (Å²) in [4.78, 5) is 4.22. The summed E-state index contributed by atoms with van der Waals surface area (Å²) in [6.45, 7) is 5.88. The van der Waals surface area contributed by atoms with Crippen molar-refractivity contribution < 1.29 is 0 Å². The van der Waals surface area contributed by atoms with E-state index in [0.29, 0.717) is 0 Å². The van der Waals surface area contributed by atoms with Gasteiger partial charge in [0.15, 0.2) is 5.82 Å². The van der Waals surface area contributed by atoms with Crippen molar-refractivity contribution in [3.8, 4) is 0 Å². The zero-order chi connectivity index (χ0) is 7.56. The molecular formula is C7H11N3. The van der Waals surface area contributed by atoms with Crippen molar-refractivity contribution in [2.24, 2.45) is 0 Å². The Morgan fingerprint density at radius 3 is 2.30 bits per heavy atom. The molecule has 10 heavy (non-hydrogen) atoms. The van der Waals surface area contributed by atoms with Gasteiger partial charge in [-0.2, -0.15) is 5.10 Å². The molecule has 1 rings (SSSR count). The topological polar surface area (TPSA) is 38.7 Å². The summed E-state index contributed by atoms with van der Waals surface area (Å²) < 4.78 is 0. The average Bonchev–Trinajstić information content (AvgIpc) is 1.95. The van der Waals surface area contributed by atoms with Crippen LogP contribution in [0.3, 0.4) is 0 Å². The smallest absolute Gasteiger partial charge is 0.150 e. The third kappa shape index (κ3) is 1.29. The lowest BCUT2D eigenvalue weighted by atomic mass is 10.3. The first-order chi connectivity index (χ1) is 4.74. The highest BCUT2D eigenvalue weighted by molar-refractivity contribution is 5.05. The summed E-state index contributed by atoms with van der Waals surface area (Å²) in [5.41, 5.74) is 1.89. The maximum atomic E-state index is 4.22. The van der Waals surface area contributed by atoms with Crippen molar-refractivity contribution in [3.63, 3.8) is 0 Å².